The van der Waals surface area contributed by atoms with Crippen LogP contribution in [0.5, 0.6) is 0 Å². The summed E-state index contributed by atoms with van der Waals surface area (Å²) in [5.74, 6) is -0.635. The number of aldehydes is 1. The van der Waals surface area contributed by atoms with Crippen molar-refractivity contribution in [3.8, 4) is 0 Å². The molecule has 0 fully saturated rings. The van der Waals surface area contributed by atoms with E-state index >= 15 is 0 Å². The first kappa shape index (κ1) is 20.1. The Labute approximate surface area is 187 Å². The van der Waals surface area contributed by atoms with Gasteiger partial charge in [-0.1, -0.05) is 84.9 Å². The zero-order valence-electron chi connectivity index (χ0n) is 17.9. The molecule has 3 aromatic carbocycles. The van der Waals surface area contributed by atoms with Gasteiger partial charge in [-0.25, -0.2) is 0 Å². The molecule has 1 heterocycles. The number of hydrogen-bond acceptors (Lipinski definition) is 3. The van der Waals surface area contributed by atoms with Gasteiger partial charge in [-0.05, 0) is 42.2 Å². The van der Waals surface area contributed by atoms with Crippen molar-refractivity contribution in [3.63, 3.8) is 0 Å². The van der Waals surface area contributed by atoms with Crippen LogP contribution in [0.4, 0.5) is 5.69 Å². The highest BCUT2D eigenvalue weighted by molar-refractivity contribution is 6.21. The van der Waals surface area contributed by atoms with E-state index in [0.717, 1.165) is 28.8 Å². The van der Waals surface area contributed by atoms with Crippen molar-refractivity contribution in [1.82, 2.24) is 0 Å². The number of hydrogen-bond donors (Lipinski definition) is 0. The molecule has 0 aromatic heterocycles. The van der Waals surface area contributed by atoms with Crippen molar-refractivity contribution in [2.24, 2.45) is 10.5 Å². The second-order valence-corrected chi connectivity index (χ2v) is 8.37. The number of benzene rings is 3. The van der Waals surface area contributed by atoms with Crippen molar-refractivity contribution in [3.05, 3.63) is 114 Å². The normalized spacial score (nSPS) is 24.9. The first-order valence-electron chi connectivity index (χ1n) is 10.9. The molecule has 1 amide bonds. The molecule has 0 radical (unpaired) electrons. The minimum Gasteiger partial charge on any atom is -0.298 e. The predicted octanol–water partition coefficient (Wildman–Crippen LogP) is 5.49. The lowest BCUT2D eigenvalue weighted by Crippen LogP contribution is -2.50. The van der Waals surface area contributed by atoms with Gasteiger partial charge in [0.1, 0.15) is 11.7 Å². The lowest BCUT2D eigenvalue weighted by atomic mass is 9.54. The Morgan fingerprint density at radius 3 is 2.03 bits per heavy atom. The Balaban J connectivity index is 1.77. The van der Waals surface area contributed by atoms with E-state index < -0.39 is 11.3 Å². The molecule has 1 aliphatic heterocycles. The number of amides is 1. The van der Waals surface area contributed by atoms with Gasteiger partial charge in [0.15, 0.2) is 0 Å². The maximum atomic E-state index is 14.4. The number of nitrogens with zero attached hydrogens (tertiary/aromatic N) is 2. The van der Waals surface area contributed by atoms with Crippen LogP contribution in [-0.4, -0.2) is 17.9 Å². The summed E-state index contributed by atoms with van der Waals surface area (Å²) < 4.78 is 0. The smallest absolute Gasteiger partial charge is 0.260 e. The third kappa shape index (κ3) is 2.94. The maximum absolute atomic E-state index is 14.4. The molecule has 1 spiro atoms. The molecule has 0 saturated heterocycles. The van der Waals surface area contributed by atoms with Gasteiger partial charge in [0.05, 0.1) is 11.4 Å². The number of rotatable bonds is 4. The van der Waals surface area contributed by atoms with Gasteiger partial charge >= 0.3 is 0 Å². The van der Waals surface area contributed by atoms with E-state index in [-0.39, 0.29) is 11.8 Å². The van der Waals surface area contributed by atoms with E-state index in [2.05, 4.69) is 12.1 Å². The Morgan fingerprint density at radius 1 is 0.875 bits per heavy atom. The molecule has 0 unspecified atom stereocenters. The second kappa shape index (κ2) is 8.04. The van der Waals surface area contributed by atoms with Crippen LogP contribution in [0.3, 0.4) is 0 Å². The van der Waals surface area contributed by atoms with Crippen LogP contribution in [0.15, 0.2) is 108 Å². The van der Waals surface area contributed by atoms with Crippen LogP contribution in [0.2, 0.25) is 0 Å². The molecule has 0 bridgehead atoms. The lowest BCUT2D eigenvalue weighted by Gasteiger charge is -2.45. The zero-order chi connectivity index (χ0) is 22.1. The third-order valence-corrected chi connectivity index (χ3v) is 6.79. The highest BCUT2D eigenvalue weighted by atomic mass is 16.2. The molecular weight excluding hydrogens is 396 g/mol. The molecule has 5 rings (SSSR count). The summed E-state index contributed by atoms with van der Waals surface area (Å²) in [5.41, 5.74) is 3.15. The Bertz CT molecular complexity index is 1200. The molecule has 1 aliphatic carbocycles. The quantitative estimate of drug-likeness (QED) is 0.524. The summed E-state index contributed by atoms with van der Waals surface area (Å²) in [7, 11) is 0. The van der Waals surface area contributed by atoms with Crippen LogP contribution in [0.25, 0.3) is 0 Å². The van der Waals surface area contributed by atoms with Gasteiger partial charge in [0, 0.05) is 11.8 Å². The topological polar surface area (TPSA) is 49.7 Å². The van der Waals surface area contributed by atoms with Crippen molar-refractivity contribution >= 4 is 23.6 Å². The highest BCUT2D eigenvalue weighted by Crippen LogP contribution is 2.58. The minimum absolute atomic E-state index is 0.0867. The number of anilines is 1. The van der Waals surface area contributed by atoms with Crippen molar-refractivity contribution in [2.75, 3.05) is 5.01 Å². The number of hydrazone groups is 1. The van der Waals surface area contributed by atoms with E-state index in [4.69, 9.17) is 5.10 Å². The van der Waals surface area contributed by atoms with Gasteiger partial charge < -0.3 is 0 Å². The fraction of sp³-hybridized carbons (Fsp3) is 0.179. The van der Waals surface area contributed by atoms with Gasteiger partial charge in [0.2, 0.25) is 0 Å². The highest BCUT2D eigenvalue weighted by Gasteiger charge is 2.61. The molecular formula is C28H24N2O2. The predicted molar refractivity (Wildman–Crippen MR) is 127 cm³/mol. The molecule has 3 aromatic rings. The van der Waals surface area contributed by atoms with Gasteiger partial charge in [-0.2, -0.15) is 10.1 Å². The Morgan fingerprint density at radius 2 is 1.44 bits per heavy atom. The second-order valence-electron chi connectivity index (χ2n) is 8.37. The fourth-order valence-electron chi connectivity index (χ4n) is 5.41. The van der Waals surface area contributed by atoms with Crippen molar-refractivity contribution in [1.29, 1.82) is 0 Å². The van der Waals surface area contributed by atoms with Crippen LogP contribution >= 0.6 is 0 Å². The van der Waals surface area contributed by atoms with Crippen LogP contribution in [0.1, 0.15) is 36.3 Å². The van der Waals surface area contributed by atoms with E-state index in [1.54, 1.807) is 0 Å². The summed E-state index contributed by atoms with van der Waals surface area (Å²) >= 11 is 0. The summed E-state index contributed by atoms with van der Waals surface area (Å²) in [4.78, 5) is 26.6. The van der Waals surface area contributed by atoms with E-state index in [1.807, 2.05) is 91.9 Å². The third-order valence-electron chi connectivity index (χ3n) is 6.79. The van der Waals surface area contributed by atoms with E-state index in [0.29, 0.717) is 12.0 Å². The average Bonchev–Trinajstić information content (AvgIpc) is 3.11. The van der Waals surface area contributed by atoms with Gasteiger partial charge in [0.25, 0.3) is 5.91 Å². The first-order valence-corrected chi connectivity index (χ1v) is 10.9. The van der Waals surface area contributed by atoms with E-state index in [9.17, 15) is 9.59 Å². The lowest BCUT2D eigenvalue weighted by molar-refractivity contribution is -0.125. The molecule has 0 N–H and O–H groups in total. The fourth-order valence-corrected chi connectivity index (χ4v) is 5.41. The van der Waals surface area contributed by atoms with Gasteiger partial charge in [-0.3, -0.25) is 9.59 Å². The SMILES string of the molecule is CC1=NN(c2ccccc2)C(=O)[C@@]12[C@H](c1ccccc1)CC=C(C=O)[C@H]2c1ccccc1. The molecule has 3 atom stereocenters. The molecule has 4 heteroatoms. The van der Waals surface area contributed by atoms with Crippen molar-refractivity contribution in [2.45, 2.75) is 25.2 Å². The molecule has 2 aliphatic rings. The zero-order valence-corrected chi connectivity index (χ0v) is 17.9. The Kier molecular flexibility index (Phi) is 5.06. The van der Waals surface area contributed by atoms with Crippen molar-refractivity contribution < 1.29 is 9.59 Å². The Hall–Kier alpha value is -3.79. The minimum atomic E-state index is -0.983. The van der Waals surface area contributed by atoms with E-state index in [1.165, 1.54) is 5.01 Å². The largest absolute Gasteiger partial charge is 0.298 e. The van der Waals surface area contributed by atoms with Crippen LogP contribution in [-0.2, 0) is 9.59 Å². The summed E-state index contributed by atoms with van der Waals surface area (Å²) in [6.07, 6.45) is 3.51. The summed E-state index contributed by atoms with van der Waals surface area (Å²) in [5, 5.41) is 6.32. The molecule has 0 saturated carbocycles. The van der Waals surface area contributed by atoms with Crippen LogP contribution < -0.4 is 5.01 Å². The standard InChI is InChI=1S/C28H24N2O2/c1-20-28(27(32)30(29-20)24-15-9-4-10-16-24)25(21-11-5-2-6-12-21)18-17-23(19-31)26(28)22-13-7-3-8-14-22/h2-17,19,25-26H,18H2,1H3/t25-,26+,28+/m0/s1. The molecule has 158 valence electrons. The number of allylic oxidation sites excluding steroid dienone is 2. The summed E-state index contributed by atoms with van der Waals surface area (Å²) in [6.45, 7) is 1.93. The summed E-state index contributed by atoms with van der Waals surface area (Å²) in [6, 6.07) is 29.5. The molecule has 4 nitrogen and oxygen atoms in total. The maximum Gasteiger partial charge on any atom is 0.260 e. The van der Waals surface area contributed by atoms with Crippen LogP contribution in [0, 0.1) is 5.41 Å². The monoisotopic (exact) mass is 420 g/mol. The molecule has 32 heavy (non-hydrogen) atoms. The number of para-hydroxylation sites is 1. The van der Waals surface area contributed by atoms with Gasteiger partial charge in [-0.15, -0.1) is 0 Å². The number of carbonyl (C=O) groups excluding carboxylic acids is 2. The first-order chi connectivity index (χ1) is 15.7. The average molecular weight is 421 g/mol. The number of carbonyl (C=O) groups is 2.